The van der Waals surface area contributed by atoms with Crippen molar-refractivity contribution in [3.63, 3.8) is 0 Å². The Labute approximate surface area is 150 Å². The van der Waals surface area contributed by atoms with E-state index >= 15 is 0 Å². The number of allylic oxidation sites excluding steroid dienone is 5. The van der Waals surface area contributed by atoms with Crippen molar-refractivity contribution in [1.82, 2.24) is 0 Å². The van der Waals surface area contributed by atoms with E-state index in [9.17, 15) is 15.0 Å². The standard InChI is InChI=1S/C20H32O5/c21-17-10-6-2-1-3-7-12-18(22)13-8-4-5-9-14-19(23)15-11-16-20(24)25/h3-5,7-9,13-14,18-19,21-23H,1-2,6,10-12,15-17H2,(H,24,25)/b5-4+,7-3-,13-8+,14-9-. The predicted molar refractivity (Wildman–Crippen MR) is 100 cm³/mol. The summed E-state index contributed by atoms with van der Waals surface area (Å²) >= 11 is 0. The fourth-order valence-electron chi connectivity index (χ4n) is 2.05. The van der Waals surface area contributed by atoms with Crippen LogP contribution in [0.15, 0.2) is 48.6 Å². The zero-order chi connectivity index (χ0) is 18.8. The lowest BCUT2D eigenvalue weighted by atomic mass is 10.1. The Balaban J connectivity index is 3.79. The number of carbonyl (C=O) groups is 1. The third-order valence-corrected chi connectivity index (χ3v) is 3.46. The summed E-state index contributed by atoms with van der Waals surface area (Å²) in [6, 6.07) is 0. The molecule has 5 heteroatoms. The lowest BCUT2D eigenvalue weighted by molar-refractivity contribution is -0.137. The van der Waals surface area contributed by atoms with Gasteiger partial charge in [-0.2, -0.15) is 0 Å². The van der Waals surface area contributed by atoms with Gasteiger partial charge < -0.3 is 20.4 Å². The summed E-state index contributed by atoms with van der Waals surface area (Å²) < 4.78 is 0. The van der Waals surface area contributed by atoms with E-state index in [2.05, 4.69) is 6.08 Å². The molecule has 0 bridgehead atoms. The molecule has 0 saturated heterocycles. The summed E-state index contributed by atoms with van der Waals surface area (Å²) in [6.45, 7) is 0.250. The molecule has 0 spiro atoms. The normalized spacial score (nSPS) is 15.0. The molecule has 0 aromatic heterocycles. The maximum atomic E-state index is 10.4. The number of rotatable bonds is 15. The molecule has 0 rings (SSSR count). The molecule has 0 aliphatic rings. The minimum atomic E-state index is -0.851. The van der Waals surface area contributed by atoms with Gasteiger partial charge in [0.25, 0.3) is 0 Å². The third kappa shape index (κ3) is 18.5. The number of unbranched alkanes of at least 4 members (excludes halogenated alkanes) is 3. The van der Waals surface area contributed by atoms with Crippen LogP contribution in [0.1, 0.15) is 51.4 Å². The first-order valence-electron chi connectivity index (χ1n) is 8.91. The van der Waals surface area contributed by atoms with Crippen LogP contribution in [0.5, 0.6) is 0 Å². The molecular formula is C20H32O5. The van der Waals surface area contributed by atoms with Crippen molar-refractivity contribution in [3.8, 4) is 0 Å². The second kappa shape index (κ2) is 17.1. The van der Waals surface area contributed by atoms with Crippen LogP contribution < -0.4 is 0 Å². The second-order valence-corrected chi connectivity index (χ2v) is 5.86. The van der Waals surface area contributed by atoms with Gasteiger partial charge in [0.05, 0.1) is 12.2 Å². The Morgan fingerprint density at radius 3 is 2.16 bits per heavy atom. The number of aliphatic hydroxyl groups excluding tert-OH is 3. The summed E-state index contributed by atoms with van der Waals surface area (Å²) in [4.78, 5) is 10.4. The molecule has 0 aromatic carbocycles. The molecule has 0 amide bonds. The van der Waals surface area contributed by atoms with Crippen molar-refractivity contribution >= 4 is 5.97 Å². The minimum Gasteiger partial charge on any atom is -0.481 e. The van der Waals surface area contributed by atoms with Gasteiger partial charge in [0, 0.05) is 13.0 Å². The third-order valence-electron chi connectivity index (χ3n) is 3.46. The van der Waals surface area contributed by atoms with Crippen molar-refractivity contribution in [3.05, 3.63) is 48.6 Å². The molecule has 4 N–H and O–H groups in total. The van der Waals surface area contributed by atoms with E-state index in [0.29, 0.717) is 19.3 Å². The summed E-state index contributed by atoms with van der Waals surface area (Å²) in [7, 11) is 0. The van der Waals surface area contributed by atoms with Gasteiger partial charge in [0.15, 0.2) is 0 Å². The van der Waals surface area contributed by atoms with Gasteiger partial charge in [-0.05, 0) is 38.5 Å². The van der Waals surface area contributed by atoms with E-state index in [-0.39, 0.29) is 13.0 Å². The van der Waals surface area contributed by atoms with E-state index in [1.807, 2.05) is 6.08 Å². The summed E-state index contributed by atoms with van der Waals surface area (Å²) in [5.41, 5.74) is 0. The summed E-state index contributed by atoms with van der Waals surface area (Å²) in [6.07, 6.45) is 18.5. The minimum absolute atomic E-state index is 0.0679. The van der Waals surface area contributed by atoms with Crippen molar-refractivity contribution < 1.29 is 25.2 Å². The SMILES string of the molecule is O=C(O)CCCC(O)\C=C/C=C/C=C/C(O)C/C=C\CCCCCO. The Kier molecular flexibility index (Phi) is 16.0. The van der Waals surface area contributed by atoms with E-state index in [4.69, 9.17) is 10.2 Å². The molecule has 0 saturated carbocycles. The topological polar surface area (TPSA) is 98.0 Å². The lowest BCUT2D eigenvalue weighted by Crippen LogP contribution is -2.03. The van der Waals surface area contributed by atoms with Crippen LogP contribution in [-0.4, -0.2) is 45.2 Å². The zero-order valence-electron chi connectivity index (χ0n) is 14.8. The Hall–Kier alpha value is -1.69. The molecular weight excluding hydrogens is 320 g/mol. The fraction of sp³-hybridized carbons (Fsp3) is 0.550. The van der Waals surface area contributed by atoms with Crippen LogP contribution >= 0.6 is 0 Å². The number of aliphatic hydroxyl groups is 3. The van der Waals surface area contributed by atoms with E-state index in [1.54, 1.807) is 36.5 Å². The van der Waals surface area contributed by atoms with Gasteiger partial charge in [0.2, 0.25) is 0 Å². The molecule has 0 aliphatic carbocycles. The van der Waals surface area contributed by atoms with E-state index < -0.39 is 18.2 Å². The molecule has 0 fully saturated rings. The maximum Gasteiger partial charge on any atom is 0.303 e. The molecule has 2 atom stereocenters. The first-order valence-corrected chi connectivity index (χ1v) is 8.91. The molecule has 0 aliphatic heterocycles. The highest BCUT2D eigenvalue weighted by atomic mass is 16.4. The monoisotopic (exact) mass is 352 g/mol. The van der Waals surface area contributed by atoms with Gasteiger partial charge in [-0.3, -0.25) is 4.79 Å². The molecule has 0 aromatic rings. The smallest absolute Gasteiger partial charge is 0.303 e. The highest BCUT2D eigenvalue weighted by molar-refractivity contribution is 5.66. The van der Waals surface area contributed by atoms with Gasteiger partial charge in [0.1, 0.15) is 0 Å². The van der Waals surface area contributed by atoms with Crippen LogP contribution in [0.2, 0.25) is 0 Å². The average molecular weight is 352 g/mol. The first-order chi connectivity index (χ1) is 12.1. The average Bonchev–Trinajstić information content (AvgIpc) is 2.56. The Morgan fingerprint density at radius 2 is 1.52 bits per heavy atom. The second-order valence-electron chi connectivity index (χ2n) is 5.86. The van der Waals surface area contributed by atoms with Crippen molar-refractivity contribution in [2.24, 2.45) is 0 Å². The van der Waals surface area contributed by atoms with Crippen molar-refractivity contribution in [1.29, 1.82) is 0 Å². The molecule has 25 heavy (non-hydrogen) atoms. The number of hydrogen-bond donors (Lipinski definition) is 4. The van der Waals surface area contributed by atoms with Crippen LogP contribution in [0.3, 0.4) is 0 Å². The fourth-order valence-corrected chi connectivity index (χ4v) is 2.05. The van der Waals surface area contributed by atoms with Gasteiger partial charge in [-0.15, -0.1) is 0 Å². The number of hydrogen-bond acceptors (Lipinski definition) is 4. The van der Waals surface area contributed by atoms with Crippen molar-refractivity contribution in [2.45, 2.75) is 63.6 Å². The highest BCUT2D eigenvalue weighted by Crippen LogP contribution is 2.03. The molecule has 0 radical (unpaired) electrons. The van der Waals surface area contributed by atoms with Gasteiger partial charge >= 0.3 is 5.97 Å². The van der Waals surface area contributed by atoms with Crippen LogP contribution in [-0.2, 0) is 4.79 Å². The zero-order valence-corrected chi connectivity index (χ0v) is 14.8. The molecule has 142 valence electrons. The first kappa shape index (κ1) is 23.3. The maximum absolute atomic E-state index is 10.4. The molecule has 0 heterocycles. The number of carboxylic acids is 1. The highest BCUT2D eigenvalue weighted by Gasteiger charge is 2.01. The van der Waals surface area contributed by atoms with Crippen LogP contribution in [0.4, 0.5) is 0 Å². The number of aliphatic carboxylic acids is 1. The van der Waals surface area contributed by atoms with Gasteiger partial charge in [-0.1, -0.05) is 55.0 Å². The Morgan fingerprint density at radius 1 is 0.840 bits per heavy atom. The molecule has 5 nitrogen and oxygen atoms in total. The van der Waals surface area contributed by atoms with E-state index in [1.165, 1.54) is 0 Å². The summed E-state index contributed by atoms with van der Waals surface area (Å²) in [5.74, 6) is -0.851. The largest absolute Gasteiger partial charge is 0.481 e. The Bertz CT molecular complexity index is 437. The summed E-state index contributed by atoms with van der Waals surface area (Å²) in [5, 5.41) is 36.5. The van der Waals surface area contributed by atoms with E-state index in [0.717, 1.165) is 25.7 Å². The predicted octanol–water partition coefficient (Wildman–Crippen LogP) is 3.13. The van der Waals surface area contributed by atoms with Crippen molar-refractivity contribution in [2.75, 3.05) is 6.61 Å². The van der Waals surface area contributed by atoms with Gasteiger partial charge in [-0.25, -0.2) is 0 Å². The van der Waals surface area contributed by atoms with Crippen LogP contribution in [0.25, 0.3) is 0 Å². The number of carboxylic acid groups (broad SMARTS) is 1. The lowest BCUT2D eigenvalue weighted by Gasteiger charge is -2.02. The quantitative estimate of drug-likeness (QED) is 0.206. The molecule has 2 unspecified atom stereocenters. The van der Waals surface area contributed by atoms with Crippen LogP contribution in [0, 0.1) is 0 Å².